The lowest BCUT2D eigenvalue weighted by Gasteiger charge is -2.24. The van der Waals surface area contributed by atoms with Gasteiger partial charge in [-0.25, -0.2) is 4.79 Å². The van der Waals surface area contributed by atoms with Crippen molar-refractivity contribution in [3.05, 3.63) is 35.9 Å². The minimum Gasteiger partial charge on any atom is -0.464 e. The summed E-state index contributed by atoms with van der Waals surface area (Å²) in [5.74, 6) is -0.853. The summed E-state index contributed by atoms with van der Waals surface area (Å²) in [6, 6.07) is 9.25. The Labute approximate surface area is 141 Å². The van der Waals surface area contributed by atoms with Gasteiger partial charge in [0.2, 0.25) is 5.12 Å². The summed E-state index contributed by atoms with van der Waals surface area (Å²) in [7, 11) is 0. The molecule has 5 nitrogen and oxygen atoms in total. The van der Waals surface area contributed by atoms with Crippen LogP contribution in [0.5, 0.6) is 0 Å². The van der Waals surface area contributed by atoms with Gasteiger partial charge >= 0.3 is 5.97 Å². The predicted octanol–water partition coefficient (Wildman–Crippen LogP) is 2.55. The lowest BCUT2D eigenvalue weighted by molar-refractivity contribution is -0.165. The molecule has 6 heteroatoms. The van der Waals surface area contributed by atoms with Crippen molar-refractivity contribution in [3.63, 3.8) is 0 Å². The van der Waals surface area contributed by atoms with E-state index in [-0.39, 0.29) is 18.0 Å². The first-order valence-electron chi connectivity index (χ1n) is 7.47. The van der Waals surface area contributed by atoms with Crippen molar-refractivity contribution in [2.24, 2.45) is 0 Å². The molecule has 128 valence electrons. The van der Waals surface area contributed by atoms with E-state index >= 15 is 0 Å². The molecule has 0 radical (unpaired) electrons. The van der Waals surface area contributed by atoms with Gasteiger partial charge in [-0.2, -0.15) is 0 Å². The molecule has 0 saturated carbocycles. The van der Waals surface area contributed by atoms with Crippen molar-refractivity contribution in [3.8, 4) is 0 Å². The number of hydrogen-bond acceptors (Lipinski definition) is 6. The number of carbonyl (C=O) groups is 2. The van der Waals surface area contributed by atoms with Gasteiger partial charge in [-0.3, -0.25) is 4.79 Å². The first-order valence-corrected chi connectivity index (χ1v) is 8.29. The highest BCUT2D eigenvalue weighted by atomic mass is 32.2. The number of benzene rings is 1. The number of carbonyl (C=O) groups excluding carboxylic acids is 2. The first-order chi connectivity index (χ1) is 10.7. The van der Waals surface area contributed by atoms with E-state index in [0.29, 0.717) is 0 Å². The van der Waals surface area contributed by atoms with Crippen LogP contribution in [-0.2, 0) is 25.7 Å². The van der Waals surface area contributed by atoms with E-state index in [9.17, 15) is 14.7 Å². The van der Waals surface area contributed by atoms with Gasteiger partial charge < -0.3 is 14.6 Å². The SMILES string of the molecule is CCOC(=O)[C@H](O)[C@@H](OCc1ccccc1)C(=O)SC(C)(C)C. The van der Waals surface area contributed by atoms with Gasteiger partial charge in [0.15, 0.2) is 12.2 Å². The van der Waals surface area contributed by atoms with E-state index < -0.39 is 23.3 Å². The molecule has 0 heterocycles. The maximum absolute atomic E-state index is 12.4. The smallest absolute Gasteiger partial charge is 0.338 e. The maximum atomic E-state index is 12.4. The molecule has 2 atom stereocenters. The number of aliphatic hydroxyl groups excluding tert-OH is 1. The molecule has 0 aliphatic rings. The van der Waals surface area contributed by atoms with E-state index in [1.54, 1.807) is 6.92 Å². The second-order valence-electron chi connectivity index (χ2n) is 5.95. The van der Waals surface area contributed by atoms with Crippen LogP contribution in [0, 0.1) is 0 Å². The van der Waals surface area contributed by atoms with E-state index in [2.05, 4.69) is 0 Å². The molecule has 0 bridgehead atoms. The zero-order valence-electron chi connectivity index (χ0n) is 13.9. The Morgan fingerprint density at radius 2 is 1.83 bits per heavy atom. The summed E-state index contributed by atoms with van der Waals surface area (Å²) in [6.45, 7) is 7.51. The first kappa shape index (κ1) is 19.7. The number of ether oxygens (including phenoxy) is 2. The normalized spacial score (nSPS) is 14.1. The minimum absolute atomic E-state index is 0.123. The van der Waals surface area contributed by atoms with Crippen molar-refractivity contribution >= 4 is 22.8 Å². The van der Waals surface area contributed by atoms with Gasteiger partial charge in [0, 0.05) is 4.75 Å². The van der Waals surface area contributed by atoms with E-state index in [4.69, 9.17) is 9.47 Å². The number of rotatable bonds is 7. The third-order valence-electron chi connectivity index (χ3n) is 2.73. The number of hydrogen-bond donors (Lipinski definition) is 1. The summed E-state index contributed by atoms with van der Waals surface area (Å²) in [6.07, 6.45) is -2.90. The van der Waals surface area contributed by atoms with E-state index in [1.165, 1.54) is 0 Å². The summed E-state index contributed by atoms with van der Waals surface area (Å²) in [4.78, 5) is 24.2. The second-order valence-corrected chi connectivity index (χ2v) is 7.78. The molecule has 0 fully saturated rings. The van der Waals surface area contributed by atoms with Crippen molar-refractivity contribution in [2.45, 2.75) is 51.3 Å². The van der Waals surface area contributed by atoms with Gasteiger partial charge in [0.05, 0.1) is 13.2 Å². The standard InChI is InChI=1S/C17H24O5S/c1-5-21-15(19)13(18)14(16(20)23-17(2,3)4)22-11-12-9-7-6-8-10-12/h6-10,13-14,18H,5,11H2,1-4H3/t13-,14-/m1/s1. The molecule has 0 unspecified atom stereocenters. The van der Waals surface area contributed by atoms with Crippen LogP contribution in [-0.4, -0.2) is 39.8 Å². The predicted molar refractivity (Wildman–Crippen MR) is 90.0 cm³/mol. The Morgan fingerprint density at radius 3 is 2.35 bits per heavy atom. The largest absolute Gasteiger partial charge is 0.464 e. The lowest BCUT2D eigenvalue weighted by atomic mass is 10.2. The van der Waals surface area contributed by atoms with Crippen LogP contribution < -0.4 is 0 Å². The highest BCUT2D eigenvalue weighted by molar-refractivity contribution is 8.14. The molecule has 0 aliphatic heterocycles. The van der Waals surface area contributed by atoms with E-state index in [0.717, 1.165) is 17.3 Å². The molecule has 23 heavy (non-hydrogen) atoms. The molecule has 0 aromatic heterocycles. The van der Waals surface area contributed by atoms with Crippen molar-refractivity contribution < 1.29 is 24.2 Å². The average Bonchev–Trinajstić information content (AvgIpc) is 2.46. The molecular weight excluding hydrogens is 316 g/mol. The van der Waals surface area contributed by atoms with Crippen LogP contribution in [0.4, 0.5) is 0 Å². The zero-order valence-corrected chi connectivity index (χ0v) is 14.8. The average molecular weight is 340 g/mol. The van der Waals surface area contributed by atoms with Crippen LogP contribution in [0.2, 0.25) is 0 Å². The van der Waals surface area contributed by atoms with Gasteiger partial charge in [-0.1, -0.05) is 62.9 Å². The number of esters is 1. The summed E-state index contributed by atoms with van der Waals surface area (Å²) >= 11 is 1.03. The number of thioether (sulfide) groups is 1. The second kappa shape index (κ2) is 9.05. The summed E-state index contributed by atoms with van der Waals surface area (Å²) < 4.78 is 9.98. The summed E-state index contributed by atoms with van der Waals surface area (Å²) in [5, 5.41) is 9.73. The highest BCUT2D eigenvalue weighted by Crippen LogP contribution is 2.27. The number of aliphatic hydroxyl groups is 1. The Morgan fingerprint density at radius 1 is 1.22 bits per heavy atom. The quantitative estimate of drug-likeness (QED) is 0.769. The van der Waals surface area contributed by atoms with Crippen LogP contribution in [0.25, 0.3) is 0 Å². The fraction of sp³-hybridized carbons (Fsp3) is 0.529. The fourth-order valence-electron chi connectivity index (χ4n) is 1.76. The minimum atomic E-state index is -1.64. The van der Waals surface area contributed by atoms with Gasteiger partial charge in [0.25, 0.3) is 0 Å². The topological polar surface area (TPSA) is 72.8 Å². The van der Waals surface area contributed by atoms with Gasteiger partial charge in [-0.15, -0.1) is 0 Å². The van der Waals surface area contributed by atoms with E-state index in [1.807, 2.05) is 51.1 Å². The molecule has 0 saturated heterocycles. The highest BCUT2D eigenvalue weighted by Gasteiger charge is 2.36. The molecule has 0 aliphatic carbocycles. The lowest BCUT2D eigenvalue weighted by Crippen LogP contribution is -2.42. The molecule has 1 aromatic rings. The van der Waals surface area contributed by atoms with Gasteiger partial charge in [-0.05, 0) is 12.5 Å². The molecule has 0 amide bonds. The van der Waals surface area contributed by atoms with Crippen molar-refractivity contribution in [1.82, 2.24) is 0 Å². The zero-order chi connectivity index (χ0) is 17.5. The fourth-order valence-corrected chi connectivity index (χ4v) is 2.68. The van der Waals surface area contributed by atoms with Crippen LogP contribution in [0.1, 0.15) is 33.3 Å². The monoisotopic (exact) mass is 340 g/mol. The molecule has 1 rings (SSSR count). The Kier molecular flexibility index (Phi) is 7.75. The Bertz CT molecular complexity index is 509. The van der Waals surface area contributed by atoms with Crippen molar-refractivity contribution in [2.75, 3.05) is 6.61 Å². The third kappa shape index (κ3) is 7.16. The Hall–Kier alpha value is -1.37. The summed E-state index contributed by atoms with van der Waals surface area (Å²) in [5.41, 5.74) is 0.849. The van der Waals surface area contributed by atoms with Crippen LogP contribution in [0.15, 0.2) is 30.3 Å². The van der Waals surface area contributed by atoms with Crippen LogP contribution >= 0.6 is 11.8 Å². The van der Waals surface area contributed by atoms with Crippen LogP contribution in [0.3, 0.4) is 0 Å². The van der Waals surface area contributed by atoms with Gasteiger partial charge in [0.1, 0.15) is 0 Å². The molecular formula is C17H24O5S. The molecule has 1 N–H and O–H groups in total. The third-order valence-corrected chi connectivity index (χ3v) is 3.77. The Balaban J connectivity index is 2.82. The van der Waals surface area contributed by atoms with Crippen molar-refractivity contribution in [1.29, 1.82) is 0 Å². The maximum Gasteiger partial charge on any atom is 0.338 e. The molecule has 1 aromatic carbocycles. The molecule has 0 spiro atoms.